The van der Waals surface area contributed by atoms with Crippen molar-refractivity contribution in [2.24, 2.45) is 0 Å². The van der Waals surface area contributed by atoms with Crippen LogP contribution in [0, 0.1) is 6.92 Å². The van der Waals surface area contributed by atoms with Gasteiger partial charge < -0.3 is 0 Å². The molecule has 0 aliphatic heterocycles. The van der Waals surface area contributed by atoms with E-state index in [-0.39, 0.29) is 0 Å². The number of hydrogen-bond donors (Lipinski definition) is 0. The zero-order chi connectivity index (χ0) is 11.5. The molecule has 0 atom stereocenters. The van der Waals surface area contributed by atoms with Gasteiger partial charge in [0.15, 0.2) is 0 Å². The van der Waals surface area contributed by atoms with Gasteiger partial charge in [0.1, 0.15) is 0 Å². The summed E-state index contributed by atoms with van der Waals surface area (Å²) in [7, 11) is 0. The van der Waals surface area contributed by atoms with E-state index in [4.69, 9.17) is 23.2 Å². The maximum atomic E-state index is 5.97. The average molecular weight is 251 g/mol. The number of hydrogen-bond acceptors (Lipinski definition) is 0. The summed E-state index contributed by atoms with van der Waals surface area (Å²) in [5.74, 6) is 0. The molecule has 0 aliphatic rings. The van der Waals surface area contributed by atoms with E-state index >= 15 is 0 Å². The second-order valence-corrected chi connectivity index (χ2v) is 4.75. The molecule has 0 aromatic heterocycles. The normalized spacial score (nSPS) is 10.4. The van der Waals surface area contributed by atoms with Crippen molar-refractivity contribution in [1.82, 2.24) is 0 Å². The first kappa shape index (κ1) is 11.5. The highest BCUT2D eigenvalue weighted by Gasteiger charge is 2.02. The van der Waals surface area contributed by atoms with Gasteiger partial charge >= 0.3 is 0 Å². The summed E-state index contributed by atoms with van der Waals surface area (Å²) >= 11 is 11.9. The van der Waals surface area contributed by atoms with Gasteiger partial charge in [-0.1, -0.05) is 47.5 Å². The van der Waals surface area contributed by atoms with E-state index in [9.17, 15) is 0 Å². The standard InChI is InChI=1S/C14H12Cl2/c1-10-4-2-3-5-12(10)6-11-7-13(15)9-14(16)8-11/h2-5,7-9H,6H2,1H3. The fraction of sp³-hybridized carbons (Fsp3) is 0.143. The smallest absolute Gasteiger partial charge is 0.0423 e. The molecular weight excluding hydrogens is 239 g/mol. The van der Waals surface area contributed by atoms with E-state index in [2.05, 4.69) is 25.1 Å². The van der Waals surface area contributed by atoms with Crippen molar-refractivity contribution < 1.29 is 0 Å². The van der Waals surface area contributed by atoms with Gasteiger partial charge in [-0.05, 0) is 48.2 Å². The van der Waals surface area contributed by atoms with Gasteiger partial charge in [-0.2, -0.15) is 0 Å². The van der Waals surface area contributed by atoms with Gasteiger partial charge in [-0.3, -0.25) is 0 Å². The molecule has 0 radical (unpaired) electrons. The Morgan fingerprint density at radius 3 is 2.19 bits per heavy atom. The van der Waals surface area contributed by atoms with Crippen molar-refractivity contribution in [3.05, 3.63) is 69.2 Å². The second kappa shape index (κ2) is 4.90. The third kappa shape index (κ3) is 2.78. The Bertz CT molecular complexity index is 484. The Balaban J connectivity index is 2.30. The van der Waals surface area contributed by atoms with Crippen molar-refractivity contribution in [3.8, 4) is 0 Å². The molecule has 0 heterocycles. The van der Waals surface area contributed by atoms with E-state index < -0.39 is 0 Å². The molecule has 2 rings (SSSR count). The minimum absolute atomic E-state index is 0.691. The van der Waals surface area contributed by atoms with Gasteiger partial charge in [0, 0.05) is 10.0 Å². The first-order valence-electron chi connectivity index (χ1n) is 5.14. The summed E-state index contributed by atoms with van der Waals surface area (Å²) in [5, 5.41) is 1.38. The Morgan fingerprint density at radius 1 is 0.938 bits per heavy atom. The monoisotopic (exact) mass is 250 g/mol. The van der Waals surface area contributed by atoms with Gasteiger partial charge in [-0.25, -0.2) is 0 Å². The largest absolute Gasteiger partial charge is 0.0843 e. The highest BCUT2D eigenvalue weighted by Crippen LogP contribution is 2.22. The van der Waals surface area contributed by atoms with Crippen LogP contribution in [0.2, 0.25) is 10.0 Å². The summed E-state index contributed by atoms with van der Waals surface area (Å²) in [6.45, 7) is 2.11. The SMILES string of the molecule is Cc1ccccc1Cc1cc(Cl)cc(Cl)c1. The zero-order valence-electron chi connectivity index (χ0n) is 9.00. The van der Waals surface area contributed by atoms with E-state index in [1.165, 1.54) is 11.1 Å². The molecule has 16 heavy (non-hydrogen) atoms. The van der Waals surface area contributed by atoms with Crippen LogP contribution >= 0.6 is 23.2 Å². The minimum atomic E-state index is 0.691. The van der Waals surface area contributed by atoms with Crippen LogP contribution in [-0.2, 0) is 6.42 Å². The predicted molar refractivity (Wildman–Crippen MR) is 70.4 cm³/mol. The van der Waals surface area contributed by atoms with Crippen molar-refractivity contribution >= 4 is 23.2 Å². The lowest BCUT2D eigenvalue weighted by Gasteiger charge is -2.06. The van der Waals surface area contributed by atoms with E-state index in [0.717, 1.165) is 12.0 Å². The number of rotatable bonds is 2. The Morgan fingerprint density at radius 2 is 1.56 bits per heavy atom. The first-order valence-corrected chi connectivity index (χ1v) is 5.90. The third-order valence-electron chi connectivity index (χ3n) is 2.58. The fourth-order valence-electron chi connectivity index (χ4n) is 1.74. The summed E-state index contributed by atoms with van der Waals surface area (Å²) in [6.07, 6.45) is 0.868. The number of aryl methyl sites for hydroxylation is 1. The Labute approximate surface area is 106 Å². The second-order valence-electron chi connectivity index (χ2n) is 3.88. The van der Waals surface area contributed by atoms with Crippen molar-refractivity contribution in [2.75, 3.05) is 0 Å². The van der Waals surface area contributed by atoms with Crippen LogP contribution in [0.1, 0.15) is 16.7 Å². The van der Waals surface area contributed by atoms with E-state index in [0.29, 0.717) is 10.0 Å². The van der Waals surface area contributed by atoms with Crippen LogP contribution in [0.5, 0.6) is 0 Å². The van der Waals surface area contributed by atoms with Gasteiger partial charge in [0.05, 0.1) is 0 Å². The molecule has 0 bridgehead atoms. The molecule has 0 saturated carbocycles. The van der Waals surface area contributed by atoms with Crippen LogP contribution in [0.4, 0.5) is 0 Å². The maximum Gasteiger partial charge on any atom is 0.0423 e. The van der Waals surface area contributed by atoms with E-state index in [1.807, 2.05) is 18.2 Å². The molecular formula is C14H12Cl2. The summed E-state index contributed by atoms with van der Waals surface area (Å²) in [4.78, 5) is 0. The van der Waals surface area contributed by atoms with Crippen molar-refractivity contribution in [1.29, 1.82) is 0 Å². The Hall–Kier alpha value is -0.980. The fourth-order valence-corrected chi connectivity index (χ4v) is 2.31. The van der Waals surface area contributed by atoms with Crippen LogP contribution in [0.25, 0.3) is 0 Å². The molecule has 0 saturated heterocycles. The van der Waals surface area contributed by atoms with Crippen molar-refractivity contribution in [3.63, 3.8) is 0 Å². The predicted octanol–water partition coefficient (Wildman–Crippen LogP) is 4.89. The number of benzene rings is 2. The van der Waals surface area contributed by atoms with Crippen LogP contribution in [-0.4, -0.2) is 0 Å². The summed E-state index contributed by atoms with van der Waals surface area (Å²) in [6, 6.07) is 14.0. The quantitative estimate of drug-likeness (QED) is 0.712. The van der Waals surface area contributed by atoms with E-state index in [1.54, 1.807) is 6.07 Å². The third-order valence-corrected chi connectivity index (χ3v) is 3.01. The van der Waals surface area contributed by atoms with Crippen LogP contribution < -0.4 is 0 Å². The minimum Gasteiger partial charge on any atom is -0.0843 e. The molecule has 0 N–H and O–H groups in total. The first-order chi connectivity index (χ1) is 7.65. The molecule has 0 aliphatic carbocycles. The van der Waals surface area contributed by atoms with Crippen LogP contribution in [0.3, 0.4) is 0 Å². The Kier molecular flexibility index (Phi) is 3.52. The highest BCUT2D eigenvalue weighted by molar-refractivity contribution is 6.34. The summed E-state index contributed by atoms with van der Waals surface area (Å²) < 4.78 is 0. The molecule has 0 nitrogen and oxygen atoms in total. The maximum absolute atomic E-state index is 5.97. The van der Waals surface area contributed by atoms with Gasteiger partial charge in [0.25, 0.3) is 0 Å². The molecule has 2 aromatic carbocycles. The molecule has 82 valence electrons. The molecule has 2 aromatic rings. The van der Waals surface area contributed by atoms with Gasteiger partial charge in [-0.15, -0.1) is 0 Å². The van der Waals surface area contributed by atoms with Crippen LogP contribution in [0.15, 0.2) is 42.5 Å². The summed E-state index contributed by atoms with van der Waals surface area (Å²) in [5.41, 5.74) is 3.74. The molecule has 0 fully saturated rings. The molecule has 0 spiro atoms. The zero-order valence-corrected chi connectivity index (χ0v) is 10.5. The van der Waals surface area contributed by atoms with Crippen molar-refractivity contribution in [2.45, 2.75) is 13.3 Å². The molecule has 0 unspecified atom stereocenters. The lowest BCUT2D eigenvalue weighted by molar-refractivity contribution is 1.16. The molecule has 0 amide bonds. The highest BCUT2D eigenvalue weighted by atomic mass is 35.5. The lowest BCUT2D eigenvalue weighted by atomic mass is 10.0. The number of halogens is 2. The average Bonchev–Trinajstić information content (AvgIpc) is 2.20. The lowest BCUT2D eigenvalue weighted by Crippen LogP contribution is -1.91. The van der Waals surface area contributed by atoms with Gasteiger partial charge in [0.2, 0.25) is 0 Å². The molecule has 2 heteroatoms. The topological polar surface area (TPSA) is 0 Å².